The number of rotatable bonds is 7. The van der Waals surface area contributed by atoms with Crippen molar-refractivity contribution in [2.45, 2.75) is 6.92 Å². The highest BCUT2D eigenvalue weighted by atomic mass is 16.6. The molecular formula is C17H15NO6. The number of ketones is 1. The Balaban J connectivity index is 2.08. The maximum atomic E-state index is 12.0. The third kappa shape index (κ3) is 4.16. The maximum Gasteiger partial charge on any atom is 0.338 e. The van der Waals surface area contributed by atoms with Crippen LogP contribution in [-0.2, 0) is 4.74 Å². The molecule has 0 bridgehead atoms. The second-order valence-corrected chi connectivity index (χ2v) is 4.74. The van der Waals surface area contributed by atoms with Gasteiger partial charge in [-0.15, -0.1) is 0 Å². The van der Waals surface area contributed by atoms with Gasteiger partial charge in [0.1, 0.15) is 0 Å². The summed E-state index contributed by atoms with van der Waals surface area (Å²) in [5, 5.41) is 11.0. The minimum Gasteiger partial charge on any atom is -0.487 e. The molecule has 2 aromatic rings. The second-order valence-electron chi connectivity index (χ2n) is 4.74. The smallest absolute Gasteiger partial charge is 0.338 e. The molecule has 0 amide bonds. The molecule has 0 aliphatic rings. The van der Waals surface area contributed by atoms with Gasteiger partial charge in [-0.2, -0.15) is 0 Å². The fraction of sp³-hybridized carbons (Fsp3) is 0.176. The number of nitro benzene ring substituents is 1. The Morgan fingerprint density at radius 2 is 1.79 bits per heavy atom. The maximum absolute atomic E-state index is 12.0. The third-order valence-corrected chi connectivity index (χ3v) is 3.12. The lowest BCUT2D eigenvalue weighted by Crippen LogP contribution is -2.14. The van der Waals surface area contributed by atoms with Crippen LogP contribution in [0.3, 0.4) is 0 Å². The predicted molar refractivity (Wildman–Crippen MR) is 85.3 cm³/mol. The molecule has 7 heteroatoms. The first-order chi connectivity index (χ1) is 11.5. The van der Waals surface area contributed by atoms with Gasteiger partial charge >= 0.3 is 11.7 Å². The van der Waals surface area contributed by atoms with Crippen LogP contribution in [0.15, 0.2) is 48.5 Å². The molecule has 0 radical (unpaired) electrons. The van der Waals surface area contributed by atoms with Gasteiger partial charge in [-0.05, 0) is 19.1 Å². The Morgan fingerprint density at radius 3 is 2.42 bits per heavy atom. The van der Waals surface area contributed by atoms with Gasteiger partial charge in [0.25, 0.3) is 0 Å². The Bertz CT molecular complexity index is 757. The molecule has 124 valence electrons. The normalized spacial score (nSPS) is 10.0. The Hall–Kier alpha value is -3.22. The number of hydrogen-bond acceptors (Lipinski definition) is 6. The van der Waals surface area contributed by atoms with E-state index >= 15 is 0 Å². The zero-order valence-electron chi connectivity index (χ0n) is 12.9. The van der Waals surface area contributed by atoms with Crippen LogP contribution in [0.25, 0.3) is 0 Å². The highest BCUT2D eigenvalue weighted by Gasteiger charge is 2.20. The van der Waals surface area contributed by atoms with E-state index in [-0.39, 0.29) is 29.4 Å². The number of carbonyl (C=O) groups is 2. The van der Waals surface area contributed by atoms with E-state index in [9.17, 15) is 19.7 Å². The van der Waals surface area contributed by atoms with Gasteiger partial charge in [0, 0.05) is 11.6 Å². The van der Waals surface area contributed by atoms with Crippen LogP contribution >= 0.6 is 0 Å². The standard InChI is InChI=1S/C17H15NO6/c1-2-23-16-9-8-13(10-14(16)18(21)22)17(20)24-11-15(19)12-6-4-3-5-7-12/h3-10H,2,11H2,1H3. The summed E-state index contributed by atoms with van der Waals surface area (Å²) in [7, 11) is 0. The molecule has 7 nitrogen and oxygen atoms in total. The molecule has 0 aliphatic heterocycles. The van der Waals surface area contributed by atoms with Crippen molar-refractivity contribution < 1.29 is 24.0 Å². The molecule has 0 aromatic heterocycles. The van der Waals surface area contributed by atoms with Crippen LogP contribution in [0.2, 0.25) is 0 Å². The summed E-state index contributed by atoms with van der Waals surface area (Å²) in [5.74, 6) is -1.10. The minimum atomic E-state index is -0.814. The molecular weight excluding hydrogens is 314 g/mol. The van der Waals surface area contributed by atoms with E-state index in [1.54, 1.807) is 37.3 Å². The molecule has 0 aliphatic carbocycles. The molecule has 0 saturated heterocycles. The van der Waals surface area contributed by atoms with Crippen molar-refractivity contribution in [2.24, 2.45) is 0 Å². The topological polar surface area (TPSA) is 95.7 Å². The number of Topliss-reactive ketones (excluding diaryl/α,β-unsaturated/α-hetero) is 1. The lowest BCUT2D eigenvalue weighted by Gasteiger charge is -2.07. The van der Waals surface area contributed by atoms with E-state index in [1.165, 1.54) is 12.1 Å². The molecule has 0 spiro atoms. The van der Waals surface area contributed by atoms with Gasteiger partial charge in [-0.3, -0.25) is 14.9 Å². The first-order valence-corrected chi connectivity index (χ1v) is 7.19. The van der Waals surface area contributed by atoms with Crippen LogP contribution in [-0.4, -0.2) is 29.9 Å². The highest BCUT2D eigenvalue weighted by Crippen LogP contribution is 2.28. The summed E-state index contributed by atoms with van der Waals surface area (Å²) in [6.45, 7) is 1.52. The van der Waals surface area contributed by atoms with Gasteiger partial charge in [-0.25, -0.2) is 4.79 Å². The minimum absolute atomic E-state index is 0.0222. The van der Waals surface area contributed by atoms with Crippen LogP contribution in [0.1, 0.15) is 27.6 Å². The van der Waals surface area contributed by atoms with E-state index < -0.39 is 17.5 Å². The van der Waals surface area contributed by atoms with Crippen molar-refractivity contribution in [3.8, 4) is 5.75 Å². The number of esters is 1. The first kappa shape index (κ1) is 17.1. The van der Waals surface area contributed by atoms with Crippen molar-refractivity contribution in [1.82, 2.24) is 0 Å². The van der Waals surface area contributed by atoms with Crippen molar-refractivity contribution in [1.29, 1.82) is 0 Å². The van der Waals surface area contributed by atoms with Crippen molar-refractivity contribution in [3.63, 3.8) is 0 Å². The summed E-state index contributed by atoms with van der Waals surface area (Å²) in [6.07, 6.45) is 0. The fourth-order valence-electron chi connectivity index (χ4n) is 1.99. The molecule has 0 saturated carbocycles. The number of hydrogen-bond donors (Lipinski definition) is 0. The van der Waals surface area contributed by atoms with Crippen LogP contribution < -0.4 is 4.74 Å². The largest absolute Gasteiger partial charge is 0.487 e. The summed E-state index contributed by atoms with van der Waals surface area (Å²) in [5.41, 5.74) is 0.0645. The average Bonchev–Trinajstić information content (AvgIpc) is 2.60. The lowest BCUT2D eigenvalue weighted by molar-refractivity contribution is -0.385. The van der Waals surface area contributed by atoms with Crippen LogP contribution in [0.4, 0.5) is 5.69 Å². The SMILES string of the molecule is CCOc1ccc(C(=O)OCC(=O)c2ccccc2)cc1[N+](=O)[O-]. The van der Waals surface area contributed by atoms with Crippen molar-refractivity contribution in [3.05, 3.63) is 69.8 Å². The van der Waals surface area contributed by atoms with E-state index in [0.29, 0.717) is 5.56 Å². The average molecular weight is 329 g/mol. The lowest BCUT2D eigenvalue weighted by atomic mass is 10.1. The Morgan fingerprint density at radius 1 is 1.08 bits per heavy atom. The third-order valence-electron chi connectivity index (χ3n) is 3.12. The van der Waals surface area contributed by atoms with Crippen molar-refractivity contribution in [2.75, 3.05) is 13.2 Å². The Labute approximate surface area is 138 Å². The van der Waals surface area contributed by atoms with E-state index in [4.69, 9.17) is 9.47 Å². The molecule has 0 unspecified atom stereocenters. The number of nitrogens with zero attached hydrogens (tertiary/aromatic N) is 1. The van der Waals surface area contributed by atoms with Gasteiger partial charge in [0.05, 0.1) is 17.1 Å². The number of benzene rings is 2. The number of ether oxygens (including phenoxy) is 2. The molecule has 2 rings (SSSR count). The molecule has 24 heavy (non-hydrogen) atoms. The Kier molecular flexibility index (Phi) is 5.62. The van der Waals surface area contributed by atoms with Gasteiger partial charge in [-0.1, -0.05) is 30.3 Å². The monoisotopic (exact) mass is 329 g/mol. The molecule has 0 heterocycles. The summed E-state index contributed by atoms with van der Waals surface area (Å²) in [6, 6.07) is 12.1. The summed E-state index contributed by atoms with van der Waals surface area (Å²) >= 11 is 0. The quantitative estimate of drug-likeness (QED) is 0.335. The van der Waals surface area contributed by atoms with Gasteiger partial charge in [0.15, 0.2) is 18.1 Å². The summed E-state index contributed by atoms with van der Waals surface area (Å²) < 4.78 is 10.1. The van der Waals surface area contributed by atoms with E-state index in [2.05, 4.69) is 0 Å². The molecule has 0 atom stereocenters. The van der Waals surface area contributed by atoms with E-state index in [0.717, 1.165) is 6.07 Å². The highest BCUT2D eigenvalue weighted by molar-refractivity contribution is 5.99. The van der Waals surface area contributed by atoms with Crippen LogP contribution in [0.5, 0.6) is 5.75 Å². The van der Waals surface area contributed by atoms with Crippen molar-refractivity contribution >= 4 is 17.4 Å². The molecule has 0 N–H and O–H groups in total. The zero-order chi connectivity index (χ0) is 17.5. The number of nitro groups is 1. The first-order valence-electron chi connectivity index (χ1n) is 7.19. The zero-order valence-corrected chi connectivity index (χ0v) is 12.9. The number of carbonyl (C=O) groups excluding carboxylic acids is 2. The predicted octanol–water partition coefficient (Wildman–Crippen LogP) is 3.03. The molecule has 0 fully saturated rings. The summed E-state index contributed by atoms with van der Waals surface area (Å²) in [4.78, 5) is 34.3. The van der Waals surface area contributed by atoms with Gasteiger partial charge < -0.3 is 9.47 Å². The molecule has 2 aromatic carbocycles. The fourth-order valence-corrected chi connectivity index (χ4v) is 1.99. The second kappa shape index (κ2) is 7.87. The van der Waals surface area contributed by atoms with Crippen LogP contribution in [0, 0.1) is 10.1 Å². The van der Waals surface area contributed by atoms with E-state index in [1.807, 2.05) is 0 Å². The van der Waals surface area contributed by atoms with Gasteiger partial charge in [0.2, 0.25) is 0 Å².